The molecule has 2 aromatic heterocycles. The van der Waals surface area contributed by atoms with Gasteiger partial charge in [0.25, 0.3) is 5.69 Å². The molecule has 5 aromatic rings. The fourth-order valence-corrected chi connectivity index (χ4v) is 4.59. The molecule has 0 bridgehead atoms. The fourth-order valence-electron chi connectivity index (χ4n) is 3.53. The number of rotatable bonds is 5. The van der Waals surface area contributed by atoms with Crippen molar-refractivity contribution in [3.05, 3.63) is 81.2 Å². The van der Waals surface area contributed by atoms with E-state index in [1.165, 1.54) is 23.5 Å². The SMILES string of the molecule is COc1ccc(-c2c/c(=N\c3nc4ccc([N+](=O)[O-])cc4s3)c3cc(Cl)ccc3o2)cc1OC. The van der Waals surface area contributed by atoms with Crippen LogP contribution in [0.3, 0.4) is 0 Å². The second kappa shape index (κ2) is 8.77. The number of aromatic nitrogens is 1. The first-order valence-corrected chi connectivity index (χ1v) is 11.2. The Morgan fingerprint density at radius 2 is 1.85 bits per heavy atom. The molecule has 0 N–H and O–H groups in total. The molecule has 0 aliphatic heterocycles. The molecule has 0 amide bonds. The van der Waals surface area contributed by atoms with Crippen molar-refractivity contribution in [2.75, 3.05) is 14.2 Å². The largest absolute Gasteiger partial charge is 0.493 e. The Labute approximate surface area is 201 Å². The molecule has 0 atom stereocenters. The molecule has 0 saturated carbocycles. The third-order valence-electron chi connectivity index (χ3n) is 5.16. The van der Waals surface area contributed by atoms with Crippen LogP contribution in [0.15, 0.2) is 70.1 Å². The summed E-state index contributed by atoms with van der Waals surface area (Å²) in [6.07, 6.45) is 0. The number of non-ortho nitro benzene ring substituents is 1. The summed E-state index contributed by atoms with van der Waals surface area (Å²) in [5.74, 6) is 1.73. The smallest absolute Gasteiger partial charge is 0.270 e. The van der Waals surface area contributed by atoms with Gasteiger partial charge in [0, 0.05) is 34.2 Å². The zero-order valence-electron chi connectivity index (χ0n) is 17.9. The fraction of sp³-hybridized carbons (Fsp3) is 0.0833. The van der Waals surface area contributed by atoms with E-state index in [1.807, 2.05) is 12.1 Å². The van der Waals surface area contributed by atoms with Crippen LogP contribution in [0.2, 0.25) is 5.02 Å². The van der Waals surface area contributed by atoms with Crippen molar-refractivity contribution in [1.29, 1.82) is 0 Å². The van der Waals surface area contributed by atoms with E-state index in [0.717, 1.165) is 5.56 Å². The van der Waals surface area contributed by atoms with Crippen LogP contribution in [0.25, 0.3) is 32.5 Å². The average molecular weight is 494 g/mol. The van der Waals surface area contributed by atoms with Crippen LogP contribution < -0.4 is 14.8 Å². The first kappa shape index (κ1) is 21.9. The lowest BCUT2D eigenvalue weighted by Gasteiger charge is -2.10. The minimum absolute atomic E-state index is 0.00850. The lowest BCUT2D eigenvalue weighted by molar-refractivity contribution is -0.384. The third kappa shape index (κ3) is 4.07. The van der Waals surface area contributed by atoms with Crippen molar-refractivity contribution in [3.63, 3.8) is 0 Å². The van der Waals surface area contributed by atoms with E-state index in [2.05, 4.69) is 4.98 Å². The van der Waals surface area contributed by atoms with Gasteiger partial charge in [-0.2, -0.15) is 0 Å². The van der Waals surface area contributed by atoms with Crippen LogP contribution in [-0.2, 0) is 0 Å². The standard InChI is InChI=1S/C24H16ClN3O5S/c1-31-20-7-3-13(9-22(20)32-2)21-12-18(16-10-14(25)4-8-19(16)33-21)27-24-26-17-6-5-15(28(29)30)11-23(17)34-24/h3-12H,1-2H3/b27-18+. The van der Waals surface area contributed by atoms with E-state index >= 15 is 0 Å². The Bertz CT molecular complexity index is 1640. The van der Waals surface area contributed by atoms with Crippen molar-refractivity contribution in [2.24, 2.45) is 4.99 Å². The van der Waals surface area contributed by atoms with Gasteiger partial charge in [0.15, 0.2) is 11.5 Å². The third-order valence-corrected chi connectivity index (χ3v) is 6.31. The number of nitro benzene ring substituents is 1. The van der Waals surface area contributed by atoms with E-state index in [0.29, 0.717) is 54.0 Å². The number of thiazole rings is 1. The number of hydrogen-bond donors (Lipinski definition) is 0. The van der Waals surface area contributed by atoms with E-state index < -0.39 is 4.92 Å². The minimum Gasteiger partial charge on any atom is -0.493 e. The molecule has 0 unspecified atom stereocenters. The monoisotopic (exact) mass is 493 g/mol. The summed E-state index contributed by atoms with van der Waals surface area (Å²) in [6.45, 7) is 0. The normalized spacial score (nSPS) is 11.8. The predicted octanol–water partition coefficient (Wildman–Crippen LogP) is 6.52. The summed E-state index contributed by atoms with van der Waals surface area (Å²) in [7, 11) is 3.14. The predicted molar refractivity (Wildman–Crippen MR) is 131 cm³/mol. The second-order valence-corrected chi connectivity index (χ2v) is 8.67. The van der Waals surface area contributed by atoms with Crippen molar-refractivity contribution in [3.8, 4) is 22.8 Å². The molecule has 34 heavy (non-hydrogen) atoms. The maximum atomic E-state index is 11.1. The molecule has 0 spiro atoms. The number of benzene rings is 3. The number of halogens is 1. The van der Waals surface area contributed by atoms with Gasteiger partial charge >= 0.3 is 0 Å². The van der Waals surface area contributed by atoms with Gasteiger partial charge < -0.3 is 13.9 Å². The van der Waals surface area contributed by atoms with E-state index in [4.69, 9.17) is 30.5 Å². The highest BCUT2D eigenvalue weighted by Gasteiger charge is 2.13. The van der Waals surface area contributed by atoms with E-state index in [-0.39, 0.29) is 5.69 Å². The maximum absolute atomic E-state index is 11.1. The topological polar surface area (TPSA) is 100.0 Å². The molecule has 170 valence electrons. The highest BCUT2D eigenvalue weighted by Crippen LogP contribution is 2.34. The van der Waals surface area contributed by atoms with Crippen LogP contribution in [0.1, 0.15) is 0 Å². The Morgan fingerprint density at radius 1 is 1.03 bits per heavy atom. The Kier molecular flexibility index (Phi) is 5.64. The minimum atomic E-state index is -0.431. The Hall–Kier alpha value is -3.95. The molecule has 0 fully saturated rings. The maximum Gasteiger partial charge on any atom is 0.270 e. The average Bonchev–Trinajstić information content (AvgIpc) is 3.25. The van der Waals surface area contributed by atoms with Gasteiger partial charge in [-0.1, -0.05) is 22.9 Å². The molecule has 5 rings (SSSR count). The van der Waals surface area contributed by atoms with Crippen molar-refractivity contribution in [2.45, 2.75) is 0 Å². The molecule has 0 radical (unpaired) electrons. The van der Waals surface area contributed by atoms with Gasteiger partial charge in [0.1, 0.15) is 11.3 Å². The molecule has 8 nitrogen and oxygen atoms in total. The van der Waals surface area contributed by atoms with E-state index in [1.54, 1.807) is 50.6 Å². The number of fused-ring (bicyclic) bond motifs is 2. The first-order valence-electron chi connectivity index (χ1n) is 10.0. The summed E-state index contributed by atoms with van der Waals surface area (Å²) in [4.78, 5) is 19.9. The Balaban J connectivity index is 1.71. The molecule has 2 heterocycles. The van der Waals surface area contributed by atoms with Crippen LogP contribution >= 0.6 is 22.9 Å². The van der Waals surface area contributed by atoms with Crippen LogP contribution in [0.4, 0.5) is 10.8 Å². The van der Waals surface area contributed by atoms with Gasteiger partial charge in [0.2, 0.25) is 5.13 Å². The van der Waals surface area contributed by atoms with Crippen LogP contribution in [0, 0.1) is 10.1 Å². The number of methoxy groups -OCH3 is 2. The highest BCUT2D eigenvalue weighted by molar-refractivity contribution is 7.21. The van der Waals surface area contributed by atoms with Gasteiger partial charge in [-0.25, -0.2) is 9.98 Å². The summed E-state index contributed by atoms with van der Waals surface area (Å²) < 4.78 is 17.6. The van der Waals surface area contributed by atoms with E-state index in [9.17, 15) is 10.1 Å². The van der Waals surface area contributed by atoms with Crippen molar-refractivity contribution < 1.29 is 18.8 Å². The van der Waals surface area contributed by atoms with Gasteiger partial charge in [-0.05, 0) is 42.5 Å². The number of hydrogen-bond acceptors (Lipinski definition) is 8. The highest BCUT2D eigenvalue weighted by atomic mass is 35.5. The molecule has 0 aliphatic carbocycles. The van der Waals surface area contributed by atoms with Crippen molar-refractivity contribution in [1.82, 2.24) is 4.98 Å². The first-order chi connectivity index (χ1) is 16.4. The van der Waals surface area contributed by atoms with Gasteiger partial charge in [-0.15, -0.1) is 0 Å². The summed E-state index contributed by atoms with van der Waals surface area (Å²) in [5, 5.41) is 13.4. The second-order valence-electron chi connectivity index (χ2n) is 7.22. The number of nitro groups is 1. The summed E-state index contributed by atoms with van der Waals surface area (Å²) in [5.41, 5.74) is 2.00. The molecule has 3 aromatic carbocycles. The quantitative estimate of drug-likeness (QED) is 0.204. The lowest BCUT2D eigenvalue weighted by Crippen LogP contribution is -2.03. The van der Waals surface area contributed by atoms with Gasteiger partial charge in [-0.3, -0.25) is 10.1 Å². The molecular weight excluding hydrogens is 478 g/mol. The number of nitrogens with zero attached hydrogens (tertiary/aromatic N) is 3. The lowest BCUT2D eigenvalue weighted by atomic mass is 10.1. The Morgan fingerprint density at radius 3 is 2.62 bits per heavy atom. The van der Waals surface area contributed by atoms with Crippen molar-refractivity contribution >= 4 is 54.9 Å². The number of ether oxygens (including phenoxy) is 2. The van der Waals surface area contributed by atoms with Gasteiger partial charge in [0.05, 0.1) is 34.7 Å². The summed E-state index contributed by atoms with van der Waals surface area (Å²) >= 11 is 7.51. The zero-order chi connectivity index (χ0) is 23.8. The molecule has 0 aliphatic rings. The molecule has 10 heteroatoms. The summed E-state index contributed by atoms with van der Waals surface area (Å²) in [6, 6.07) is 17.1. The molecular formula is C24H16ClN3O5S. The zero-order valence-corrected chi connectivity index (χ0v) is 19.5. The van der Waals surface area contributed by atoms with Crippen LogP contribution in [-0.4, -0.2) is 24.1 Å². The van der Waals surface area contributed by atoms with Crippen LogP contribution in [0.5, 0.6) is 11.5 Å². The molecule has 0 saturated heterocycles.